The summed E-state index contributed by atoms with van der Waals surface area (Å²) < 4.78 is 25.8. The molecule has 0 aromatic heterocycles. The van der Waals surface area contributed by atoms with Crippen LogP contribution in [0.15, 0.2) is 0 Å². The highest BCUT2D eigenvalue weighted by atomic mass is 31.2. The minimum Gasteiger partial charge on any atom is -0.388 e. The molecular formula is C7H14BO6P. The zero-order valence-electron chi connectivity index (χ0n) is 8.57. The number of methoxy groups -OCH3 is 1. The van der Waals surface area contributed by atoms with Crippen LogP contribution in [0.4, 0.5) is 0 Å². The fraction of sp³-hybridized carbons (Fsp3) is 1.00. The summed E-state index contributed by atoms with van der Waals surface area (Å²) in [6, 6.07) is -0.929. The molecule has 86 valence electrons. The summed E-state index contributed by atoms with van der Waals surface area (Å²) in [6.07, 6.45) is -2.72. The SMILES string of the molecule is [B][C@@H]1O[C@H](COC)C(OP(C)(=O)O)C1O. The van der Waals surface area contributed by atoms with Crippen LogP contribution in [0.1, 0.15) is 0 Å². The monoisotopic (exact) mass is 236 g/mol. The lowest BCUT2D eigenvalue weighted by molar-refractivity contribution is -0.0143. The lowest BCUT2D eigenvalue weighted by Gasteiger charge is -2.21. The topological polar surface area (TPSA) is 85.2 Å². The second-order valence-corrected chi connectivity index (χ2v) is 5.27. The van der Waals surface area contributed by atoms with Gasteiger partial charge in [0.2, 0.25) is 0 Å². The van der Waals surface area contributed by atoms with Crippen LogP contribution < -0.4 is 0 Å². The molecule has 15 heavy (non-hydrogen) atoms. The zero-order valence-corrected chi connectivity index (χ0v) is 9.46. The minimum absolute atomic E-state index is 0.134. The molecule has 0 aliphatic carbocycles. The van der Waals surface area contributed by atoms with Crippen LogP contribution in [-0.4, -0.2) is 62.5 Å². The Morgan fingerprint density at radius 1 is 1.60 bits per heavy atom. The molecule has 2 N–H and O–H groups in total. The zero-order chi connectivity index (χ0) is 11.6. The number of aliphatic hydroxyl groups is 1. The van der Waals surface area contributed by atoms with E-state index in [9.17, 15) is 9.67 Å². The molecule has 1 fully saturated rings. The maximum absolute atomic E-state index is 11.1. The van der Waals surface area contributed by atoms with Gasteiger partial charge >= 0.3 is 7.60 Å². The molecule has 0 spiro atoms. The van der Waals surface area contributed by atoms with Gasteiger partial charge < -0.3 is 19.5 Å². The third kappa shape index (κ3) is 3.55. The largest absolute Gasteiger partial charge is 0.388 e. The fourth-order valence-corrected chi connectivity index (χ4v) is 2.13. The maximum Gasteiger partial charge on any atom is 0.325 e. The summed E-state index contributed by atoms with van der Waals surface area (Å²) in [6.45, 7) is 1.17. The predicted octanol–water partition coefficient (Wildman–Crippen LogP) is -0.913. The van der Waals surface area contributed by atoms with Crippen molar-refractivity contribution in [3.63, 3.8) is 0 Å². The molecule has 1 aliphatic rings. The first-order valence-corrected chi connectivity index (χ1v) is 6.44. The van der Waals surface area contributed by atoms with Crippen molar-refractivity contribution in [3.05, 3.63) is 0 Å². The molecule has 0 aromatic carbocycles. The standard InChI is InChI=1S/C7H14BO6P/c1-12-3-4-6(14-15(2,10)11)5(9)7(8)13-4/h4-7,9H,3H2,1-2H3,(H,10,11)/t4-,5?,6?,7-/m1/s1. The Labute approximate surface area is 89.5 Å². The third-order valence-electron chi connectivity index (χ3n) is 2.02. The van der Waals surface area contributed by atoms with E-state index in [1.807, 2.05) is 0 Å². The lowest BCUT2D eigenvalue weighted by Crippen LogP contribution is -2.36. The summed E-state index contributed by atoms with van der Waals surface area (Å²) in [5.74, 6) is 0. The number of hydrogen-bond donors (Lipinski definition) is 2. The third-order valence-corrected chi connectivity index (χ3v) is 2.65. The van der Waals surface area contributed by atoms with E-state index >= 15 is 0 Å². The van der Waals surface area contributed by atoms with Gasteiger partial charge in [-0.1, -0.05) is 0 Å². The van der Waals surface area contributed by atoms with Gasteiger partial charge in [-0.15, -0.1) is 0 Å². The van der Waals surface area contributed by atoms with Crippen molar-refractivity contribution in [1.82, 2.24) is 0 Å². The van der Waals surface area contributed by atoms with Gasteiger partial charge in [0.1, 0.15) is 26.2 Å². The van der Waals surface area contributed by atoms with Gasteiger partial charge in [-0.25, -0.2) is 0 Å². The normalized spacial score (nSPS) is 40.3. The Balaban J connectivity index is 2.68. The van der Waals surface area contributed by atoms with Crippen LogP contribution >= 0.6 is 7.60 Å². The van der Waals surface area contributed by atoms with Crippen molar-refractivity contribution in [2.24, 2.45) is 0 Å². The first-order valence-electron chi connectivity index (χ1n) is 4.42. The first-order chi connectivity index (χ1) is 6.85. The molecule has 0 amide bonds. The number of hydrogen-bond acceptors (Lipinski definition) is 5. The predicted molar refractivity (Wildman–Crippen MR) is 52.9 cm³/mol. The number of rotatable bonds is 4. The Morgan fingerprint density at radius 3 is 2.67 bits per heavy atom. The molecular weight excluding hydrogens is 222 g/mol. The second-order valence-electron chi connectivity index (χ2n) is 3.46. The van der Waals surface area contributed by atoms with E-state index in [0.29, 0.717) is 0 Å². The van der Waals surface area contributed by atoms with Crippen LogP contribution in [-0.2, 0) is 18.6 Å². The number of ether oxygens (including phenoxy) is 2. The molecule has 0 aromatic rings. The molecule has 1 rings (SSSR count). The Kier molecular flexibility index (Phi) is 4.34. The van der Waals surface area contributed by atoms with Crippen molar-refractivity contribution in [1.29, 1.82) is 0 Å². The molecule has 8 heteroatoms. The van der Waals surface area contributed by atoms with E-state index in [4.69, 9.17) is 26.7 Å². The van der Waals surface area contributed by atoms with E-state index < -0.39 is 31.9 Å². The van der Waals surface area contributed by atoms with Crippen LogP contribution in [0.5, 0.6) is 0 Å². The highest BCUT2D eigenvalue weighted by molar-refractivity contribution is 7.51. The van der Waals surface area contributed by atoms with Gasteiger partial charge in [-0.3, -0.25) is 9.09 Å². The molecule has 0 bridgehead atoms. The summed E-state index contributed by atoms with van der Waals surface area (Å²) in [4.78, 5) is 9.05. The van der Waals surface area contributed by atoms with Gasteiger partial charge in [0, 0.05) is 19.8 Å². The molecule has 0 saturated carbocycles. The van der Waals surface area contributed by atoms with Gasteiger partial charge in [0.05, 0.1) is 6.61 Å². The Hall–Kier alpha value is 0.0949. The molecule has 5 atom stereocenters. The summed E-state index contributed by atoms with van der Waals surface area (Å²) in [5, 5.41) is 9.56. The van der Waals surface area contributed by atoms with E-state index in [-0.39, 0.29) is 6.61 Å². The van der Waals surface area contributed by atoms with Gasteiger partial charge in [-0.05, 0) is 0 Å². The van der Waals surface area contributed by atoms with E-state index in [2.05, 4.69) is 0 Å². The van der Waals surface area contributed by atoms with Crippen LogP contribution in [0.25, 0.3) is 0 Å². The molecule has 2 radical (unpaired) electrons. The second kappa shape index (κ2) is 4.95. The quantitative estimate of drug-likeness (QED) is 0.485. The van der Waals surface area contributed by atoms with Crippen LogP contribution in [0.3, 0.4) is 0 Å². The Morgan fingerprint density at radius 2 is 2.20 bits per heavy atom. The lowest BCUT2D eigenvalue weighted by atomic mass is 9.93. The van der Waals surface area contributed by atoms with Crippen molar-refractivity contribution in [3.8, 4) is 0 Å². The van der Waals surface area contributed by atoms with Crippen molar-refractivity contribution < 1.29 is 28.6 Å². The van der Waals surface area contributed by atoms with E-state index in [1.54, 1.807) is 0 Å². The van der Waals surface area contributed by atoms with Gasteiger partial charge in [0.15, 0.2) is 0 Å². The van der Waals surface area contributed by atoms with Crippen LogP contribution in [0.2, 0.25) is 0 Å². The molecule has 3 unspecified atom stereocenters. The number of aliphatic hydroxyl groups excluding tert-OH is 1. The van der Waals surface area contributed by atoms with Gasteiger partial charge in [0.25, 0.3) is 0 Å². The van der Waals surface area contributed by atoms with Crippen molar-refractivity contribution >= 4 is 15.4 Å². The van der Waals surface area contributed by atoms with E-state index in [0.717, 1.165) is 6.66 Å². The smallest absolute Gasteiger partial charge is 0.325 e. The van der Waals surface area contributed by atoms with Crippen LogP contribution in [0, 0.1) is 0 Å². The minimum atomic E-state index is -3.69. The summed E-state index contributed by atoms with van der Waals surface area (Å²) >= 11 is 0. The van der Waals surface area contributed by atoms with E-state index in [1.165, 1.54) is 7.11 Å². The van der Waals surface area contributed by atoms with Gasteiger partial charge in [-0.2, -0.15) is 0 Å². The fourth-order valence-electron chi connectivity index (χ4n) is 1.42. The average molecular weight is 236 g/mol. The summed E-state index contributed by atoms with van der Waals surface area (Å²) in [7, 11) is 3.18. The first kappa shape index (κ1) is 13.2. The highest BCUT2D eigenvalue weighted by Gasteiger charge is 2.44. The van der Waals surface area contributed by atoms with Crippen molar-refractivity contribution in [2.75, 3.05) is 20.4 Å². The average Bonchev–Trinajstić information content (AvgIpc) is 2.32. The summed E-state index contributed by atoms with van der Waals surface area (Å²) in [5.41, 5.74) is 0. The molecule has 1 saturated heterocycles. The maximum atomic E-state index is 11.1. The molecule has 1 heterocycles. The Bertz CT molecular complexity index is 256. The van der Waals surface area contributed by atoms with Crippen molar-refractivity contribution in [2.45, 2.75) is 24.3 Å². The molecule has 6 nitrogen and oxygen atoms in total. The molecule has 1 aliphatic heterocycles. The highest BCUT2D eigenvalue weighted by Crippen LogP contribution is 2.42.